The van der Waals surface area contributed by atoms with E-state index in [-0.39, 0.29) is 0 Å². The predicted molar refractivity (Wildman–Crippen MR) is 72.6 cm³/mol. The fourth-order valence-electron chi connectivity index (χ4n) is 1.40. The maximum atomic E-state index is 6.07. The Morgan fingerprint density at radius 3 is 2.25 bits per heavy atom. The Balaban J connectivity index is 0.000000606. The van der Waals surface area contributed by atoms with Gasteiger partial charge < -0.3 is 5.73 Å². The van der Waals surface area contributed by atoms with Crippen LogP contribution in [0.2, 0.25) is 5.02 Å². The summed E-state index contributed by atoms with van der Waals surface area (Å²) in [6.45, 7) is 4.00. The molecule has 0 amide bonds. The molecular weight excluding hydrogens is 218 g/mol. The molecular formula is C14H16ClN. The highest BCUT2D eigenvalue weighted by Gasteiger charge is 2.01. The molecule has 0 spiro atoms. The molecule has 0 fully saturated rings. The number of rotatable bonds is 1. The summed E-state index contributed by atoms with van der Waals surface area (Å²) in [5.74, 6) is 0. The summed E-state index contributed by atoms with van der Waals surface area (Å²) in [4.78, 5) is 0. The van der Waals surface area contributed by atoms with Crippen LogP contribution in [-0.4, -0.2) is 0 Å². The number of nitrogens with two attached hydrogens (primary N) is 1. The zero-order valence-electron chi connectivity index (χ0n) is 9.57. The molecule has 0 aliphatic rings. The van der Waals surface area contributed by atoms with Crippen LogP contribution in [0.15, 0.2) is 48.5 Å². The van der Waals surface area contributed by atoms with E-state index >= 15 is 0 Å². The number of hydrogen-bond acceptors (Lipinski definition) is 1. The summed E-state index contributed by atoms with van der Waals surface area (Å²) in [5.41, 5.74) is 8.52. The van der Waals surface area contributed by atoms with Crippen LogP contribution in [0.25, 0.3) is 11.1 Å². The number of hydrogen-bond donors (Lipinski definition) is 1. The van der Waals surface area contributed by atoms with Gasteiger partial charge in [-0.2, -0.15) is 0 Å². The van der Waals surface area contributed by atoms with Gasteiger partial charge in [0.15, 0.2) is 0 Å². The minimum Gasteiger partial charge on any atom is -0.399 e. The molecule has 1 nitrogen and oxygen atoms in total. The van der Waals surface area contributed by atoms with E-state index in [1.807, 2.05) is 62.4 Å². The highest BCUT2D eigenvalue weighted by atomic mass is 35.5. The third-order valence-corrected chi connectivity index (χ3v) is 2.40. The third-order valence-electron chi connectivity index (χ3n) is 2.07. The van der Waals surface area contributed by atoms with Crippen LogP contribution in [0.5, 0.6) is 0 Å². The van der Waals surface area contributed by atoms with E-state index in [0.717, 1.165) is 21.8 Å². The molecule has 0 aliphatic carbocycles. The Morgan fingerprint density at radius 1 is 0.938 bits per heavy atom. The fraction of sp³-hybridized carbons (Fsp3) is 0.143. The third kappa shape index (κ3) is 3.01. The molecule has 0 aliphatic heterocycles. The van der Waals surface area contributed by atoms with Gasteiger partial charge in [0, 0.05) is 16.3 Å². The topological polar surface area (TPSA) is 26.0 Å². The largest absolute Gasteiger partial charge is 0.399 e. The highest BCUT2D eigenvalue weighted by Crippen LogP contribution is 2.28. The lowest BCUT2D eigenvalue weighted by molar-refractivity contribution is 1.50. The lowest BCUT2D eigenvalue weighted by Crippen LogP contribution is -1.85. The van der Waals surface area contributed by atoms with Crippen LogP contribution < -0.4 is 5.73 Å². The summed E-state index contributed by atoms with van der Waals surface area (Å²) in [6.07, 6.45) is 0. The van der Waals surface area contributed by atoms with Crippen LogP contribution in [0, 0.1) is 0 Å². The lowest BCUT2D eigenvalue weighted by Gasteiger charge is -2.04. The summed E-state index contributed by atoms with van der Waals surface area (Å²) in [6, 6.07) is 15.4. The first kappa shape index (κ1) is 12.6. The maximum absolute atomic E-state index is 6.07. The Kier molecular flexibility index (Phi) is 4.87. The first-order valence-corrected chi connectivity index (χ1v) is 5.75. The number of halogens is 1. The molecule has 0 heterocycles. The van der Waals surface area contributed by atoms with Gasteiger partial charge in [0.05, 0.1) is 0 Å². The van der Waals surface area contributed by atoms with Crippen molar-refractivity contribution >= 4 is 17.3 Å². The molecule has 0 bridgehead atoms. The van der Waals surface area contributed by atoms with Crippen molar-refractivity contribution in [2.24, 2.45) is 0 Å². The number of anilines is 1. The minimum atomic E-state index is 0.748. The summed E-state index contributed by atoms with van der Waals surface area (Å²) in [5, 5.41) is 0.748. The predicted octanol–water partition coefficient (Wildman–Crippen LogP) is 4.62. The van der Waals surface area contributed by atoms with Gasteiger partial charge in [0.2, 0.25) is 0 Å². The Bertz CT molecular complexity index is 452. The van der Waals surface area contributed by atoms with E-state index in [4.69, 9.17) is 17.3 Å². The lowest BCUT2D eigenvalue weighted by atomic mass is 10.1. The Labute approximate surface area is 102 Å². The van der Waals surface area contributed by atoms with Gasteiger partial charge in [-0.15, -0.1) is 0 Å². The van der Waals surface area contributed by atoms with Crippen LogP contribution in [-0.2, 0) is 0 Å². The van der Waals surface area contributed by atoms with Crippen molar-refractivity contribution in [2.75, 3.05) is 5.73 Å². The maximum Gasteiger partial charge on any atom is 0.0484 e. The van der Waals surface area contributed by atoms with Gasteiger partial charge in [-0.3, -0.25) is 0 Å². The zero-order valence-corrected chi connectivity index (χ0v) is 10.3. The van der Waals surface area contributed by atoms with Crippen molar-refractivity contribution in [1.29, 1.82) is 0 Å². The quantitative estimate of drug-likeness (QED) is 0.715. The van der Waals surface area contributed by atoms with Gasteiger partial charge in [0.25, 0.3) is 0 Å². The van der Waals surface area contributed by atoms with E-state index in [2.05, 4.69) is 0 Å². The van der Waals surface area contributed by atoms with Gasteiger partial charge in [0.1, 0.15) is 0 Å². The monoisotopic (exact) mass is 233 g/mol. The average molecular weight is 234 g/mol. The fourth-order valence-corrected chi connectivity index (χ4v) is 1.65. The SMILES string of the molecule is CC.Nc1cccc(-c2ccccc2Cl)c1. The van der Waals surface area contributed by atoms with E-state index in [1.54, 1.807) is 0 Å². The number of benzene rings is 2. The number of nitrogen functional groups attached to an aromatic ring is 1. The zero-order chi connectivity index (χ0) is 12.0. The molecule has 2 aromatic carbocycles. The molecule has 2 heteroatoms. The standard InChI is InChI=1S/C12H10ClN.C2H6/c13-12-7-2-1-6-11(12)9-4-3-5-10(14)8-9;1-2/h1-8H,14H2;1-2H3. The van der Waals surface area contributed by atoms with Crippen molar-refractivity contribution in [2.45, 2.75) is 13.8 Å². The average Bonchev–Trinajstić information content (AvgIpc) is 2.32. The van der Waals surface area contributed by atoms with E-state index in [0.29, 0.717) is 0 Å². The molecule has 84 valence electrons. The van der Waals surface area contributed by atoms with Crippen molar-refractivity contribution in [3.05, 3.63) is 53.6 Å². The second kappa shape index (κ2) is 6.19. The second-order valence-corrected chi connectivity index (χ2v) is 3.51. The molecule has 0 saturated carbocycles. The second-order valence-electron chi connectivity index (χ2n) is 3.11. The van der Waals surface area contributed by atoms with Crippen LogP contribution in [0.1, 0.15) is 13.8 Å². The molecule has 0 unspecified atom stereocenters. The van der Waals surface area contributed by atoms with E-state index in [9.17, 15) is 0 Å². The molecule has 16 heavy (non-hydrogen) atoms. The van der Waals surface area contributed by atoms with Gasteiger partial charge in [-0.05, 0) is 23.8 Å². The van der Waals surface area contributed by atoms with Crippen molar-refractivity contribution in [3.8, 4) is 11.1 Å². The summed E-state index contributed by atoms with van der Waals surface area (Å²) in [7, 11) is 0. The molecule has 0 atom stereocenters. The molecule has 2 rings (SSSR count). The van der Waals surface area contributed by atoms with Crippen molar-refractivity contribution in [3.63, 3.8) is 0 Å². The van der Waals surface area contributed by atoms with Crippen molar-refractivity contribution in [1.82, 2.24) is 0 Å². The highest BCUT2D eigenvalue weighted by molar-refractivity contribution is 6.33. The van der Waals surface area contributed by atoms with Crippen LogP contribution >= 0.6 is 11.6 Å². The molecule has 0 radical (unpaired) electrons. The Morgan fingerprint density at radius 2 is 1.62 bits per heavy atom. The van der Waals surface area contributed by atoms with E-state index < -0.39 is 0 Å². The summed E-state index contributed by atoms with van der Waals surface area (Å²) < 4.78 is 0. The molecule has 2 N–H and O–H groups in total. The van der Waals surface area contributed by atoms with Gasteiger partial charge in [-0.1, -0.05) is 55.8 Å². The first-order valence-electron chi connectivity index (χ1n) is 5.38. The first-order chi connectivity index (χ1) is 7.77. The minimum absolute atomic E-state index is 0.748. The van der Waals surface area contributed by atoms with Crippen LogP contribution in [0.3, 0.4) is 0 Å². The smallest absolute Gasteiger partial charge is 0.0484 e. The molecule has 0 aromatic heterocycles. The van der Waals surface area contributed by atoms with E-state index in [1.165, 1.54) is 0 Å². The Hall–Kier alpha value is -1.47. The molecule has 0 saturated heterocycles. The van der Waals surface area contributed by atoms with Crippen molar-refractivity contribution < 1.29 is 0 Å². The molecule has 2 aromatic rings. The summed E-state index contributed by atoms with van der Waals surface area (Å²) >= 11 is 6.07. The normalized spacial score (nSPS) is 9.19. The van der Waals surface area contributed by atoms with Gasteiger partial charge in [-0.25, -0.2) is 0 Å². The van der Waals surface area contributed by atoms with Crippen LogP contribution in [0.4, 0.5) is 5.69 Å². The van der Waals surface area contributed by atoms with Gasteiger partial charge >= 0.3 is 0 Å².